The van der Waals surface area contributed by atoms with Gasteiger partial charge in [0.25, 0.3) is 0 Å². The second-order valence-electron chi connectivity index (χ2n) is 7.16. The maximum Gasteiger partial charge on any atom is 0.243 e. The molecule has 0 unspecified atom stereocenters. The number of β-amino-alcohol motifs (C(OH)–C–C–N with tert-alkyl or cyclic N) is 1. The summed E-state index contributed by atoms with van der Waals surface area (Å²) in [6.07, 6.45) is -0.357. The maximum atomic E-state index is 13.0. The third kappa shape index (κ3) is 5.30. The molecule has 1 aliphatic heterocycles. The van der Waals surface area contributed by atoms with Crippen molar-refractivity contribution in [1.29, 1.82) is 0 Å². The monoisotopic (exact) mass is 468 g/mol. The topological polar surface area (TPSA) is 105 Å². The molecule has 0 spiro atoms. The number of amides is 1. The van der Waals surface area contributed by atoms with Crippen LogP contribution in [-0.2, 0) is 21.2 Å². The molecule has 0 bridgehead atoms. The van der Waals surface area contributed by atoms with Gasteiger partial charge in [-0.05, 0) is 48.4 Å². The lowest BCUT2D eigenvalue weighted by atomic mass is 10.1. The highest BCUT2D eigenvalue weighted by Crippen LogP contribution is 2.28. The third-order valence-corrected chi connectivity index (χ3v) is 7.26. The molecule has 10 heteroatoms. The van der Waals surface area contributed by atoms with Gasteiger partial charge in [-0.3, -0.25) is 4.79 Å². The van der Waals surface area contributed by atoms with E-state index < -0.39 is 28.1 Å². The summed E-state index contributed by atoms with van der Waals surface area (Å²) >= 11 is 5.84. The van der Waals surface area contributed by atoms with Crippen LogP contribution in [0.15, 0.2) is 47.4 Å². The second-order valence-corrected chi connectivity index (χ2v) is 9.49. The van der Waals surface area contributed by atoms with E-state index in [1.807, 2.05) is 12.1 Å². The fraction of sp³-hybridized carbons (Fsp3) is 0.381. The molecule has 8 nitrogen and oxygen atoms in total. The molecule has 0 radical (unpaired) electrons. The quantitative estimate of drug-likeness (QED) is 0.612. The predicted octanol–water partition coefficient (Wildman–Crippen LogP) is 1.84. The number of ether oxygens (including phenoxy) is 2. The molecule has 1 amide bonds. The van der Waals surface area contributed by atoms with Crippen LogP contribution in [0.2, 0.25) is 5.02 Å². The number of nitrogens with zero attached hydrogens (tertiary/aromatic N) is 1. The maximum absolute atomic E-state index is 13.0. The van der Waals surface area contributed by atoms with E-state index in [1.165, 1.54) is 24.3 Å². The smallest absolute Gasteiger partial charge is 0.243 e. The number of halogens is 1. The minimum Gasteiger partial charge on any atom is -0.493 e. The van der Waals surface area contributed by atoms with Crippen LogP contribution in [0.1, 0.15) is 12.0 Å². The fourth-order valence-electron chi connectivity index (χ4n) is 3.51. The van der Waals surface area contributed by atoms with Crippen LogP contribution in [0.4, 0.5) is 0 Å². The molecule has 2 N–H and O–H groups in total. The van der Waals surface area contributed by atoms with Crippen molar-refractivity contribution < 1.29 is 27.8 Å². The predicted molar refractivity (Wildman–Crippen MR) is 116 cm³/mol. The summed E-state index contributed by atoms with van der Waals surface area (Å²) in [5.41, 5.74) is 0.926. The van der Waals surface area contributed by atoms with Gasteiger partial charge in [-0.2, -0.15) is 4.31 Å². The Kier molecular flexibility index (Phi) is 7.42. The van der Waals surface area contributed by atoms with Crippen LogP contribution in [0.3, 0.4) is 0 Å². The van der Waals surface area contributed by atoms with E-state index in [2.05, 4.69) is 5.32 Å². The second kappa shape index (κ2) is 9.86. The number of nitrogens with one attached hydrogen (secondary N) is 1. The Morgan fingerprint density at radius 3 is 2.48 bits per heavy atom. The van der Waals surface area contributed by atoms with Crippen LogP contribution in [-0.4, -0.2) is 63.2 Å². The minimum atomic E-state index is -3.95. The molecule has 3 rings (SSSR count). The van der Waals surface area contributed by atoms with Crippen LogP contribution in [0.5, 0.6) is 11.5 Å². The summed E-state index contributed by atoms with van der Waals surface area (Å²) in [7, 11) is -0.854. The standard InChI is InChI=1S/C21H25ClN2O6S/c1-29-19-8-3-14(11-20(19)30-2)9-10-23-21(26)18-12-16(25)13-24(18)31(27,28)17-6-4-15(22)5-7-17/h3-8,11,16,18,25H,9-10,12-13H2,1-2H3,(H,23,26)/t16-,18-/m0/s1. The zero-order valence-electron chi connectivity index (χ0n) is 17.2. The number of sulfonamides is 1. The van der Waals surface area contributed by atoms with Gasteiger partial charge in [-0.1, -0.05) is 17.7 Å². The molecule has 2 atom stereocenters. The van der Waals surface area contributed by atoms with Crippen LogP contribution in [0.25, 0.3) is 0 Å². The van der Waals surface area contributed by atoms with Gasteiger partial charge in [0, 0.05) is 24.5 Å². The number of methoxy groups -OCH3 is 2. The lowest BCUT2D eigenvalue weighted by Crippen LogP contribution is -2.46. The normalized spacial score (nSPS) is 19.2. The highest BCUT2D eigenvalue weighted by Gasteiger charge is 2.43. The average molecular weight is 469 g/mol. The SMILES string of the molecule is COc1ccc(CCNC(=O)[C@@H]2C[C@H](O)CN2S(=O)(=O)c2ccc(Cl)cc2)cc1OC. The number of aliphatic hydroxyl groups is 1. The molecule has 31 heavy (non-hydrogen) atoms. The number of carbonyl (C=O) groups is 1. The number of aliphatic hydroxyl groups excluding tert-OH is 1. The zero-order chi connectivity index (χ0) is 22.6. The highest BCUT2D eigenvalue weighted by molar-refractivity contribution is 7.89. The van der Waals surface area contributed by atoms with Crippen molar-refractivity contribution in [2.75, 3.05) is 27.3 Å². The molecule has 1 fully saturated rings. The van der Waals surface area contributed by atoms with E-state index >= 15 is 0 Å². The van der Waals surface area contributed by atoms with Crippen molar-refractivity contribution >= 4 is 27.5 Å². The molecule has 1 saturated heterocycles. The van der Waals surface area contributed by atoms with Gasteiger partial charge in [-0.25, -0.2) is 8.42 Å². The van der Waals surface area contributed by atoms with E-state index in [1.54, 1.807) is 20.3 Å². The summed E-state index contributed by atoms with van der Waals surface area (Å²) in [5.74, 6) is 0.748. The van der Waals surface area contributed by atoms with Crippen LogP contribution < -0.4 is 14.8 Å². The number of carbonyl (C=O) groups excluding carboxylic acids is 1. The van der Waals surface area contributed by atoms with E-state index in [4.69, 9.17) is 21.1 Å². The molecule has 1 aliphatic rings. The molecule has 168 valence electrons. The number of rotatable bonds is 8. The van der Waals surface area contributed by atoms with Crippen molar-refractivity contribution in [2.45, 2.75) is 29.9 Å². The number of benzene rings is 2. The first-order valence-electron chi connectivity index (χ1n) is 9.70. The fourth-order valence-corrected chi connectivity index (χ4v) is 5.28. The summed E-state index contributed by atoms with van der Waals surface area (Å²) in [6.45, 7) is 0.161. The van der Waals surface area contributed by atoms with Crippen molar-refractivity contribution in [1.82, 2.24) is 9.62 Å². The molecular weight excluding hydrogens is 444 g/mol. The molecule has 1 heterocycles. The molecule has 2 aromatic carbocycles. The Balaban J connectivity index is 1.67. The molecule has 0 aromatic heterocycles. The molecule has 0 aliphatic carbocycles. The van der Waals surface area contributed by atoms with Crippen LogP contribution >= 0.6 is 11.6 Å². The van der Waals surface area contributed by atoms with Gasteiger partial charge >= 0.3 is 0 Å². The van der Waals surface area contributed by atoms with E-state index in [9.17, 15) is 18.3 Å². The number of hydrogen-bond acceptors (Lipinski definition) is 6. The van der Waals surface area contributed by atoms with Gasteiger partial charge < -0.3 is 19.9 Å². The largest absolute Gasteiger partial charge is 0.493 e. The average Bonchev–Trinajstić information content (AvgIpc) is 3.16. The Hall–Kier alpha value is -2.33. The number of hydrogen-bond donors (Lipinski definition) is 2. The molecule has 2 aromatic rings. The third-order valence-electron chi connectivity index (χ3n) is 5.12. The first-order chi connectivity index (χ1) is 14.8. The van der Waals surface area contributed by atoms with Crippen LogP contribution in [0, 0.1) is 0 Å². The van der Waals surface area contributed by atoms with E-state index in [0.717, 1.165) is 9.87 Å². The zero-order valence-corrected chi connectivity index (χ0v) is 18.8. The van der Waals surface area contributed by atoms with E-state index in [-0.39, 0.29) is 17.9 Å². The molecular formula is C21H25ClN2O6S. The van der Waals surface area contributed by atoms with Crippen molar-refractivity contribution in [2.24, 2.45) is 0 Å². The Bertz CT molecular complexity index is 1030. The lowest BCUT2D eigenvalue weighted by Gasteiger charge is -2.23. The minimum absolute atomic E-state index is 0.0223. The van der Waals surface area contributed by atoms with Crippen molar-refractivity contribution in [3.8, 4) is 11.5 Å². The van der Waals surface area contributed by atoms with Gasteiger partial charge in [0.15, 0.2) is 11.5 Å². The first-order valence-corrected chi connectivity index (χ1v) is 11.5. The summed E-state index contributed by atoms with van der Waals surface area (Å²) in [6, 6.07) is 10.2. The van der Waals surface area contributed by atoms with E-state index in [0.29, 0.717) is 29.5 Å². The van der Waals surface area contributed by atoms with Gasteiger partial charge in [-0.15, -0.1) is 0 Å². The molecule has 0 saturated carbocycles. The Morgan fingerprint density at radius 1 is 1.16 bits per heavy atom. The Morgan fingerprint density at radius 2 is 1.84 bits per heavy atom. The first kappa shape index (κ1) is 23.3. The summed E-state index contributed by atoms with van der Waals surface area (Å²) < 4.78 is 37.5. The van der Waals surface area contributed by atoms with Crippen molar-refractivity contribution in [3.63, 3.8) is 0 Å². The highest BCUT2D eigenvalue weighted by atomic mass is 35.5. The lowest BCUT2D eigenvalue weighted by molar-refractivity contribution is -0.124. The van der Waals surface area contributed by atoms with Gasteiger partial charge in [0.05, 0.1) is 25.2 Å². The van der Waals surface area contributed by atoms with Gasteiger partial charge in [0.2, 0.25) is 15.9 Å². The summed E-state index contributed by atoms with van der Waals surface area (Å²) in [4.78, 5) is 12.8. The van der Waals surface area contributed by atoms with Crippen molar-refractivity contribution in [3.05, 3.63) is 53.1 Å². The van der Waals surface area contributed by atoms with Gasteiger partial charge in [0.1, 0.15) is 6.04 Å². The Labute approximate surface area is 186 Å². The summed E-state index contributed by atoms with van der Waals surface area (Å²) in [5, 5.41) is 13.2.